The Balaban J connectivity index is 0. The third-order valence-electron chi connectivity index (χ3n) is 0.781. The van der Waals surface area contributed by atoms with E-state index in [2.05, 4.69) is 38.0 Å². The van der Waals surface area contributed by atoms with Crippen LogP contribution in [0.2, 0.25) is 0 Å². The maximum absolute atomic E-state index is 4.13. The number of rotatable bonds is 3. The summed E-state index contributed by atoms with van der Waals surface area (Å²) in [7, 11) is 0. The van der Waals surface area contributed by atoms with Crippen LogP contribution in [0.15, 0.2) is 4.99 Å². The third-order valence-corrected chi connectivity index (χ3v) is 0.781. The fourth-order valence-corrected chi connectivity index (χ4v) is 0.341. The molecule has 68 valence electrons. The van der Waals surface area contributed by atoms with Crippen molar-refractivity contribution in [3.05, 3.63) is 0 Å². The van der Waals surface area contributed by atoms with E-state index in [9.17, 15) is 0 Å². The molecule has 11 heavy (non-hydrogen) atoms. The first-order valence-corrected chi connectivity index (χ1v) is 4.40. The van der Waals surface area contributed by atoms with E-state index < -0.39 is 0 Å². The molecule has 0 bridgehead atoms. The van der Waals surface area contributed by atoms with Gasteiger partial charge in [-0.2, -0.15) is 0 Å². The molecule has 0 aliphatic rings. The van der Waals surface area contributed by atoms with Crippen LogP contribution in [0.3, 0.4) is 0 Å². The molecule has 0 aliphatic carbocycles. The Labute approximate surface area is 71.1 Å². The van der Waals surface area contributed by atoms with Gasteiger partial charge in [-0.25, -0.2) is 0 Å². The number of hydrogen-bond acceptors (Lipinski definition) is 1. The quantitative estimate of drug-likeness (QED) is 0.495. The molecule has 0 aromatic heterocycles. The van der Waals surface area contributed by atoms with Crippen LogP contribution in [0.1, 0.15) is 41.5 Å². The van der Waals surface area contributed by atoms with E-state index in [1.807, 2.05) is 13.8 Å². The highest BCUT2D eigenvalue weighted by atomic mass is 15.0. The van der Waals surface area contributed by atoms with Crippen LogP contribution >= 0.6 is 0 Å². The van der Waals surface area contributed by atoms with Gasteiger partial charge in [0.1, 0.15) is 0 Å². The van der Waals surface area contributed by atoms with E-state index in [0.29, 0.717) is 12.1 Å². The molecular formula is C9H22N2. The van der Waals surface area contributed by atoms with Crippen LogP contribution in [0.25, 0.3) is 0 Å². The summed E-state index contributed by atoms with van der Waals surface area (Å²) in [5, 5.41) is 3.09. The summed E-state index contributed by atoms with van der Waals surface area (Å²) >= 11 is 0. The van der Waals surface area contributed by atoms with E-state index in [0.717, 1.165) is 0 Å². The lowest BCUT2D eigenvalue weighted by Crippen LogP contribution is -2.20. The van der Waals surface area contributed by atoms with E-state index in [-0.39, 0.29) is 0 Å². The molecule has 0 atom stereocenters. The molecule has 2 heteroatoms. The lowest BCUT2D eigenvalue weighted by molar-refractivity contribution is 0.732. The normalized spacial score (nSPS) is 10.2. The van der Waals surface area contributed by atoms with Crippen molar-refractivity contribution in [2.24, 2.45) is 4.99 Å². The highest BCUT2D eigenvalue weighted by Gasteiger charge is 1.85. The second-order valence-corrected chi connectivity index (χ2v) is 2.69. The van der Waals surface area contributed by atoms with Crippen LogP contribution in [-0.2, 0) is 0 Å². The van der Waals surface area contributed by atoms with E-state index >= 15 is 0 Å². The lowest BCUT2D eigenvalue weighted by Gasteiger charge is -2.02. The van der Waals surface area contributed by atoms with Gasteiger partial charge in [-0.1, -0.05) is 13.8 Å². The summed E-state index contributed by atoms with van der Waals surface area (Å²) < 4.78 is 0. The first-order chi connectivity index (χ1) is 5.13. The second-order valence-electron chi connectivity index (χ2n) is 2.69. The highest BCUT2D eigenvalue weighted by Crippen LogP contribution is 1.81. The van der Waals surface area contributed by atoms with Crippen molar-refractivity contribution in [3.63, 3.8) is 0 Å². The smallest absolute Gasteiger partial charge is 0.0828 e. The summed E-state index contributed by atoms with van der Waals surface area (Å²) in [6, 6.07) is 0.892. The molecule has 0 spiro atoms. The zero-order valence-electron chi connectivity index (χ0n) is 8.68. The summed E-state index contributed by atoms with van der Waals surface area (Å²) in [5.74, 6) is 0. The third kappa shape index (κ3) is 17.7. The largest absolute Gasteiger partial charge is 0.374 e. The molecule has 0 fully saturated rings. The molecular weight excluding hydrogens is 136 g/mol. The van der Waals surface area contributed by atoms with Crippen LogP contribution in [-0.4, -0.2) is 18.4 Å². The van der Waals surface area contributed by atoms with Gasteiger partial charge in [0.15, 0.2) is 0 Å². The maximum atomic E-state index is 4.13. The van der Waals surface area contributed by atoms with Gasteiger partial charge in [-0.15, -0.1) is 0 Å². The Morgan fingerprint density at radius 1 is 1.09 bits per heavy atom. The monoisotopic (exact) mass is 158 g/mol. The van der Waals surface area contributed by atoms with Crippen LogP contribution < -0.4 is 5.32 Å². The summed E-state index contributed by atoms with van der Waals surface area (Å²) in [5.41, 5.74) is 0. The second kappa shape index (κ2) is 9.47. The SMILES string of the molecule is CC.CC(C)N=CNC(C)C. The van der Waals surface area contributed by atoms with Crippen LogP contribution in [0.5, 0.6) is 0 Å². The molecule has 0 saturated heterocycles. The van der Waals surface area contributed by atoms with Crippen molar-refractivity contribution in [2.45, 2.75) is 53.6 Å². The Hall–Kier alpha value is -0.530. The van der Waals surface area contributed by atoms with Crippen molar-refractivity contribution in [1.82, 2.24) is 5.32 Å². The fourth-order valence-electron chi connectivity index (χ4n) is 0.341. The Kier molecular flexibility index (Phi) is 11.3. The molecule has 2 nitrogen and oxygen atoms in total. The average molecular weight is 158 g/mol. The summed E-state index contributed by atoms with van der Waals surface area (Å²) in [4.78, 5) is 4.13. The van der Waals surface area contributed by atoms with Gasteiger partial charge in [-0.3, -0.25) is 4.99 Å². The summed E-state index contributed by atoms with van der Waals surface area (Å²) in [6.07, 6.45) is 1.77. The number of hydrogen-bond donors (Lipinski definition) is 1. The first-order valence-electron chi connectivity index (χ1n) is 4.40. The maximum Gasteiger partial charge on any atom is 0.0828 e. The minimum Gasteiger partial charge on any atom is -0.374 e. The van der Waals surface area contributed by atoms with Crippen molar-refractivity contribution in [3.8, 4) is 0 Å². The molecule has 1 N–H and O–H groups in total. The first kappa shape index (κ1) is 13.1. The van der Waals surface area contributed by atoms with Crippen LogP contribution in [0.4, 0.5) is 0 Å². The molecule has 0 amide bonds. The number of nitrogens with one attached hydrogen (secondary N) is 1. The van der Waals surface area contributed by atoms with E-state index in [4.69, 9.17) is 0 Å². The fraction of sp³-hybridized carbons (Fsp3) is 0.889. The molecule has 0 rings (SSSR count). The van der Waals surface area contributed by atoms with Crippen molar-refractivity contribution in [1.29, 1.82) is 0 Å². The van der Waals surface area contributed by atoms with Crippen molar-refractivity contribution in [2.75, 3.05) is 0 Å². The Bertz CT molecular complexity index is 85.6. The average Bonchev–Trinajstić information content (AvgIpc) is 1.90. The molecule has 0 aromatic carbocycles. The predicted octanol–water partition coefficient (Wildman–Crippen LogP) is 2.45. The minimum absolute atomic E-state index is 0.399. The number of nitrogens with zero attached hydrogens (tertiary/aromatic N) is 1. The Morgan fingerprint density at radius 3 is 1.82 bits per heavy atom. The van der Waals surface area contributed by atoms with Gasteiger partial charge in [0.05, 0.1) is 6.34 Å². The van der Waals surface area contributed by atoms with Crippen molar-refractivity contribution < 1.29 is 0 Å². The predicted molar refractivity (Wildman–Crippen MR) is 53.2 cm³/mol. The molecule has 0 aliphatic heterocycles. The van der Waals surface area contributed by atoms with E-state index in [1.54, 1.807) is 6.34 Å². The van der Waals surface area contributed by atoms with Gasteiger partial charge in [0.25, 0.3) is 0 Å². The molecule has 0 heterocycles. The highest BCUT2D eigenvalue weighted by molar-refractivity contribution is 5.54. The molecule has 0 saturated carbocycles. The number of aliphatic imine (C=N–C) groups is 1. The van der Waals surface area contributed by atoms with Gasteiger partial charge in [0.2, 0.25) is 0 Å². The molecule has 0 aromatic rings. The lowest BCUT2D eigenvalue weighted by atomic mass is 10.4. The minimum atomic E-state index is 0.399. The molecule has 0 unspecified atom stereocenters. The summed E-state index contributed by atoms with van der Waals surface area (Å²) in [6.45, 7) is 12.3. The van der Waals surface area contributed by atoms with Crippen LogP contribution in [0, 0.1) is 0 Å². The van der Waals surface area contributed by atoms with Gasteiger partial charge in [-0.05, 0) is 27.7 Å². The topological polar surface area (TPSA) is 24.4 Å². The van der Waals surface area contributed by atoms with Gasteiger partial charge >= 0.3 is 0 Å². The van der Waals surface area contributed by atoms with Gasteiger partial charge < -0.3 is 5.32 Å². The van der Waals surface area contributed by atoms with Crippen molar-refractivity contribution >= 4 is 6.34 Å². The molecule has 0 radical (unpaired) electrons. The standard InChI is InChI=1S/C7H16N2.C2H6/c1-6(2)8-5-9-7(3)4;1-2/h5-7H,1-4H3,(H,8,9);1-2H3. The zero-order chi connectivity index (χ0) is 9.28. The van der Waals surface area contributed by atoms with E-state index in [1.165, 1.54) is 0 Å². The zero-order valence-corrected chi connectivity index (χ0v) is 8.68. The van der Waals surface area contributed by atoms with Gasteiger partial charge in [0, 0.05) is 12.1 Å². The Morgan fingerprint density at radius 2 is 1.55 bits per heavy atom.